The van der Waals surface area contributed by atoms with Crippen molar-refractivity contribution in [2.24, 2.45) is 0 Å². The third kappa shape index (κ3) is 11.3. The van der Waals surface area contributed by atoms with E-state index >= 15 is 0 Å². The minimum atomic E-state index is -1.54. The summed E-state index contributed by atoms with van der Waals surface area (Å²) < 4.78 is 6.14. The van der Waals surface area contributed by atoms with Crippen LogP contribution in [0.4, 0.5) is 0 Å². The van der Waals surface area contributed by atoms with E-state index in [1.807, 2.05) is 0 Å². The normalized spacial score (nSPS) is 15.1. The van der Waals surface area contributed by atoms with Gasteiger partial charge in [-0.15, -0.1) is 0 Å². The molecule has 0 saturated heterocycles. The summed E-state index contributed by atoms with van der Waals surface area (Å²) in [5, 5.41) is 0. The summed E-state index contributed by atoms with van der Waals surface area (Å²) in [6.45, 7) is 12.4. The van der Waals surface area contributed by atoms with Gasteiger partial charge < -0.3 is 19.1 Å². The highest BCUT2D eigenvalue weighted by Gasteiger charge is 2.28. The topological polar surface area (TPSA) is 19.0 Å². The molecule has 0 radical (unpaired) electrons. The van der Waals surface area contributed by atoms with Crippen LogP contribution in [0.2, 0.25) is 12.6 Å². The SMILES string of the molecule is CCO[Si](C)(CC)CN(CCCN(C)C)CCCN(C)C. The van der Waals surface area contributed by atoms with Crippen molar-refractivity contribution in [3.8, 4) is 0 Å². The molecule has 5 heteroatoms. The predicted octanol–water partition coefficient (Wildman–Crippen LogP) is 2.36. The monoisotopic (exact) mass is 317 g/mol. The van der Waals surface area contributed by atoms with E-state index < -0.39 is 8.32 Å². The minimum Gasteiger partial charge on any atom is -0.416 e. The second-order valence-corrected chi connectivity index (χ2v) is 11.0. The molecule has 0 aromatic heterocycles. The van der Waals surface area contributed by atoms with Crippen LogP contribution in [-0.2, 0) is 4.43 Å². The Bertz CT molecular complexity index is 238. The molecule has 1 atom stereocenters. The Hall–Kier alpha value is 0.0569. The van der Waals surface area contributed by atoms with Gasteiger partial charge in [-0.1, -0.05) is 6.92 Å². The van der Waals surface area contributed by atoms with Gasteiger partial charge in [0.05, 0.1) is 0 Å². The van der Waals surface area contributed by atoms with Gasteiger partial charge in [-0.25, -0.2) is 0 Å². The lowest BCUT2D eigenvalue weighted by Crippen LogP contribution is -2.48. The summed E-state index contributed by atoms with van der Waals surface area (Å²) in [6.07, 6.45) is 3.67. The van der Waals surface area contributed by atoms with Crippen LogP contribution < -0.4 is 0 Å². The standard InChI is InChI=1S/C16H39N3OSi/c1-8-20-21(7,9-2)16-19(14-10-12-17(3)4)15-11-13-18(5)6/h8-16H2,1-7H3. The van der Waals surface area contributed by atoms with Crippen LogP contribution in [0.15, 0.2) is 0 Å². The summed E-state index contributed by atoms with van der Waals surface area (Å²) in [5.74, 6) is 0. The molecule has 4 nitrogen and oxygen atoms in total. The Balaban J connectivity index is 4.39. The Morgan fingerprint density at radius 2 is 1.29 bits per heavy atom. The van der Waals surface area contributed by atoms with Gasteiger partial charge >= 0.3 is 0 Å². The molecule has 0 aliphatic heterocycles. The first-order valence-corrected chi connectivity index (χ1v) is 11.3. The van der Waals surface area contributed by atoms with E-state index in [4.69, 9.17) is 4.43 Å². The lowest BCUT2D eigenvalue weighted by molar-refractivity contribution is 0.242. The highest BCUT2D eigenvalue weighted by Crippen LogP contribution is 2.14. The molecule has 0 N–H and O–H groups in total. The molecule has 21 heavy (non-hydrogen) atoms. The van der Waals surface area contributed by atoms with Crippen LogP contribution >= 0.6 is 0 Å². The van der Waals surface area contributed by atoms with E-state index in [9.17, 15) is 0 Å². The molecule has 0 amide bonds. The molecular weight excluding hydrogens is 278 g/mol. The van der Waals surface area contributed by atoms with E-state index in [0.717, 1.165) is 6.61 Å². The number of hydrogen-bond donors (Lipinski definition) is 0. The maximum Gasteiger partial charge on any atom is 0.203 e. The van der Waals surface area contributed by atoms with Gasteiger partial charge in [-0.2, -0.15) is 0 Å². The zero-order valence-corrected chi connectivity index (χ0v) is 16.6. The van der Waals surface area contributed by atoms with Gasteiger partial charge in [0.1, 0.15) is 0 Å². The van der Waals surface area contributed by atoms with Crippen LogP contribution in [0.3, 0.4) is 0 Å². The van der Waals surface area contributed by atoms with Crippen LogP contribution in [0.25, 0.3) is 0 Å². The molecule has 128 valence electrons. The maximum absolute atomic E-state index is 6.14. The molecule has 0 aliphatic rings. The van der Waals surface area contributed by atoms with Gasteiger partial charge in [0.25, 0.3) is 0 Å². The molecule has 0 aliphatic carbocycles. The third-order valence-electron chi connectivity index (χ3n) is 3.96. The van der Waals surface area contributed by atoms with Crippen LogP contribution in [0.1, 0.15) is 26.7 Å². The zero-order chi connectivity index (χ0) is 16.3. The highest BCUT2D eigenvalue weighted by molar-refractivity contribution is 6.72. The van der Waals surface area contributed by atoms with Gasteiger partial charge in [-0.05, 0) is 86.7 Å². The summed E-state index contributed by atoms with van der Waals surface area (Å²) >= 11 is 0. The van der Waals surface area contributed by atoms with Crippen LogP contribution in [0.5, 0.6) is 0 Å². The second kappa shape index (κ2) is 11.6. The molecule has 1 unspecified atom stereocenters. The van der Waals surface area contributed by atoms with Gasteiger partial charge in [0, 0.05) is 12.8 Å². The summed E-state index contributed by atoms with van der Waals surface area (Å²) in [7, 11) is 7.07. The van der Waals surface area contributed by atoms with Crippen molar-refractivity contribution in [2.75, 3.05) is 67.1 Å². The highest BCUT2D eigenvalue weighted by atomic mass is 28.4. The first kappa shape index (κ1) is 21.1. The van der Waals surface area contributed by atoms with E-state index in [-0.39, 0.29) is 0 Å². The average molecular weight is 318 g/mol. The largest absolute Gasteiger partial charge is 0.416 e. The van der Waals surface area contributed by atoms with E-state index in [2.05, 4.69) is 63.3 Å². The Labute approximate surface area is 134 Å². The maximum atomic E-state index is 6.14. The quantitative estimate of drug-likeness (QED) is 0.485. The molecule has 0 rings (SSSR count). The molecule has 0 bridgehead atoms. The number of nitrogens with zero attached hydrogens (tertiary/aromatic N) is 3. The Morgan fingerprint density at radius 3 is 1.62 bits per heavy atom. The third-order valence-corrected chi connectivity index (χ3v) is 7.56. The smallest absolute Gasteiger partial charge is 0.203 e. The minimum absolute atomic E-state index is 0.861. The summed E-state index contributed by atoms with van der Waals surface area (Å²) in [5.41, 5.74) is 0. The van der Waals surface area contributed by atoms with Crippen molar-refractivity contribution in [3.05, 3.63) is 0 Å². The fourth-order valence-electron chi connectivity index (χ4n) is 2.57. The zero-order valence-electron chi connectivity index (χ0n) is 15.6. The molecule has 0 heterocycles. The van der Waals surface area contributed by atoms with Crippen molar-refractivity contribution in [1.82, 2.24) is 14.7 Å². The summed E-state index contributed by atoms with van der Waals surface area (Å²) in [4.78, 5) is 7.20. The van der Waals surface area contributed by atoms with Gasteiger partial charge in [0.2, 0.25) is 8.32 Å². The van der Waals surface area contributed by atoms with Gasteiger partial charge in [0.15, 0.2) is 0 Å². The predicted molar refractivity (Wildman–Crippen MR) is 96.5 cm³/mol. The van der Waals surface area contributed by atoms with E-state index in [1.165, 1.54) is 51.2 Å². The first-order chi connectivity index (χ1) is 9.83. The van der Waals surface area contributed by atoms with Crippen molar-refractivity contribution in [2.45, 2.75) is 39.3 Å². The molecule has 0 aromatic rings. The first-order valence-electron chi connectivity index (χ1n) is 8.48. The van der Waals surface area contributed by atoms with Crippen LogP contribution in [-0.4, -0.2) is 90.2 Å². The summed E-state index contributed by atoms with van der Waals surface area (Å²) in [6, 6.07) is 1.21. The fraction of sp³-hybridized carbons (Fsp3) is 1.00. The number of hydrogen-bond acceptors (Lipinski definition) is 4. The van der Waals surface area contributed by atoms with Crippen molar-refractivity contribution < 1.29 is 4.43 Å². The van der Waals surface area contributed by atoms with Gasteiger partial charge in [-0.3, -0.25) is 0 Å². The lowest BCUT2D eigenvalue weighted by Gasteiger charge is -2.33. The van der Waals surface area contributed by atoms with Crippen molar-refractivity contribution >= 4 is 8.32 Å². The van der Waals surface area contributed by atoms with Crippen molar-refractivity contribution in [1.29, 1.82) is 0 Å². The van der Waals surface area contributed by atoms with E-state index in [1.54, 1.807) is 0 Å². The molecule has 0 saturated carbocycles. The molecular formula is C16H39N3OSi. The lowest BCUT2D eigenvalue weighted by atomic mass is 10.3. The second-order valence-electron chi connectivity index (χ2n) is 6.83. The Kier molecular flexibility index (Phi) is 11.6. The Morgan fingerprint density at radius 1 is 0.810 bits per heavy atom. The number of rotatable bonds is 13. The van der Waals surface area contributed by atoms with Crippen LogP contribution in [0, 0.1) is 0 Å². The fourth-order valence-corrected chi connectivity index (χ4v) is 5.05. The molecule has 0 spiro atoms. The molecule has 0 fully saturated rings. The average Bonchev–Trinajstić information content (AvgIpc) is 2.37. The molecule has 0 aromatic carbocycles. The van der Waals surface area contributed by atoms with E-state index in [0.29, 0.717) is 0 Å². The van der Waals surface area contributed by atoms with Crippen molar-refractivity contribution in [3.63, 3.8) is 0 Å².